The van der Waals surface area contributed by atoms with Crippen LogP contribution in [0.5, 0.6) is 11.5 Å². The number of benzene rings is 1. The number of methoxy groups -OCH3 is 1. The first-order valence-electron chi connectivity index (χ1n) is 4.57. The maximum absolute atomic E-state index is 9.33. The number of phenols is 1. The number of ether oxygens (including phenoxy) is 1. The highest BCUT2D eigenvalue weighted by Crippen LogP contribution is 2.25. The van der Waals surface area contributed by atoms with Crippen molar-refractivity contribution in [2.24, 2.45) is 5.73 Å². The first-order valence-corrected chi connectivity index (χ1v) is 4.57. The first-order chi connectivity index (χ1) is 6.42. The van der Waals surface area contributed by atoms with Crippen molar-refractivity contribution >= 4 is 0 Å². The SMILES string of the molecule is COc1ccc(O)cc1CC(C)(C)N. The van der Waals surface area contributed by atoms with Gasteiger partial charge in [0.25, 0.3) is 0 Å². The Morgan fingerprint density at radius 1 is 1.43 bits per heavy atom. The summed E-state index contributed by atoms with van der Waals surface area (Å²) in [7, 11) is 1.61. The van der Waals surface area contributed by atoms with Gasteiger partial charge in [-0.3, -0.25) is 0 Å². The van der Waals surface area contributed by atoms with Crippen LogP contribution in [-0.2, 0) is 6.42 Å². The smallest absolute Gasteiger partial charge is 0.122 e. The van der Waals surface area contributed by atoms with Crippen LogP contribution in [-0.4, -0.2) is 17.8 Å². The van der Waals surface area contributed by atoms with Gasteiger partial charge in [-0.1, -0.05) is 0 Å². The molecule has 0 aliphatic heterocycles. The van der Waals surface area contributed by atoms with E-state index in [1.54, 1.807) is 25.3 Å². The van der Waals surface area contributed by atoms with Crippen molar-refractivity contribution in [3.63, 3.8) is 0 Å². The Bertz CT molecular complexity index is 316. The summed E-state index contributed by atoms with van der Waals surface area (Å²) in [5, 5.41) is 9.33. The fourth-order valence-corrected chi connectivity index (χ4v) is 1.39. The Balaban J connectivity index is 2.99. The van der Waals surface area contributed by atoms with E-state index < -0.39 is 0 Å². The van der Waals surface area contributed by atoms with Gasteiger partial charge in [0.1, 0.15) is 11.5 Å². The quantitative estimate of drug-likeness (QED) is 0.771. The Morgan fingerprint density at radius 2 is 2.07 bits per heavy atom. The topological polar surface area (TPSA) is 55.5 Å². The summed E-state index contributed by atoms with van der Waals surface area (Å²) in [6.07, 6.45) is 0.671. The second-order valence-corrected chi connectivity index (χ2v) is 4.16. The molecule has 0 radical (unpaired) electrons. The monoisotopic (exact) mass is 195 g/mol. The number of nitrogens with two attached hydrogens (primary N) is 1. The van der Waals surface area contributed by atoms with E-state index >= 15 is 0 Å². The summed E-state index contributed by atoms with van der Waals surface area (Å²) >= 11 is 0. The van der Waals surface area contributed by atoms with Gasteiger partial charge >= 0.3 is 0 Å². The highest BCUT2D eigenvalue weighted by Gasteiger charge is 2.15. The van der Waals surface area contributed by atoms with Crippen molar-refractivity contribution in [2.45, 2.75) is 25.8 Å². The van der Waals surface area contributed by atoms with Crippen molar-refractivity contribution in [1.82, 2.24) is 0 Å². The van der Waals surface area contributed by atoms with Crippen molar-refractivity contribution in [3.8, 4) is 11.5 Å². The van der Waals surface area contributed by atoms with Crippen LogP contribution in [0.2, 0.25) is 0 Å². The molecule has 78 valence electrons. The van der Waals surface area contributed by atoms with Crippen molar-refractivity contribution in [1.29, 1.82) is 0 Å². The third kappa shape index (κ3) is 2.92. The number of hydrogen-bond acceptors (Lipinski definition) is 3. The Morgan fingerprint density at radius 3 is 2.57 bits per heavy atom. The highest BCUT2D eigenvalue weighted by atomic mass is 16.5. The molecule has 1 aromatic carbocycles. The molecule has 0 saturated carbocycles. The van der Waals surface area contributed by atoms with Gasteiger partial charge in [0.05, 0.1) is 7.11 Å². The lowest BCUT2D eigenvalue weighted by Crippen LogP contribution is -2.34. The fourth-order valence-electron chi connectivity index (χ4n) is 1.39. The molecule has 0 fully saturated rings. The molecule has 0 aliphatic carbocycles. The van der Waals surface area contributed by atoms with E-state index in [1.165, 1.54) is 0 Å². The van der Waals surface area contributed by atoms with E-state index in [2.05, 4.69) is 0 Å². The number of hydrogen-bond donors (Lipinski definition) is 2. The highest BCUT2D eigenvalue weighted by molar-refractivity contribution is 5.40. The maximum atomic E-state index is 9.33. The average Bonchev–Trinajstić information content (AvgIpc) is 2.01. The molecule has 1 aromatic rings. The van der Waals surface area contributed by atoms with Gasteiger partial charge in [0.15, 0.2) is 0 Å². The van der Waals surface area contributed by atoms with Crippen LogP contribution in [0.25, 0.3) is 0 Å². The lowest BCUT2D eigenvalue weighted by molar-refractivity contribution is 0.399. The van der Waals surface area contributed by atoms with Gasteiger partial charge in [0, 0.05) is 5.54 Å². The molecule has 0 aliphatic rings. The molecule has 0 saturated heterocycles. The Kier molecular flexibility index (Phi) is 3.01. The summed E-state index contributed by atoms with van der Waals surface area (Å²) < 4.78 is 5.18. The van der Waals surface area contributed by atoms with Gasteiger partial charge in [-0.25, -0.2) is 0 Å². The van der Waals surface area contributed by atoms with Gasteiger partial charge < -0.3 is 15.6 Å². The van der Waals surface area contributed by atoms with Gasteiger partial charge in [-0.15, -0.1) is 0 Å². The third-order valence-corrected chi connectivity index (χ3v) is 1.91. The Labute approximate surface area is 84.5 Å². The van der Waals surface area contributed by atoms with E-state index in [0.29, 0.717) is 6.42 Å². The van der Waals surface area contributed by atoms with E-state index in [4.69, 9.17) is 10.5 Å². The van der Waals surface area contributed by atoms with Crippen LogP contribution in [0.3, 0.4) is 0 Å². The van der Waals surface area contributed by atoms with Gasteiger partial charge in [-0.2, -0.15) is 0 Å². The summed E-state index contributed by atoms with van der Waals surface area (Å²) in [6.45, 7) is 3.88. The van der Waals surface area contributed by atoms with E-state index in [9.17, 15) is 5.11 Å². The lowest BCUT2D eigenvalue weighted by atomic mass is 9.95. The minimum atomic E-state index is -0.304. The zero-order chi connectivity index (χ0) is 10.8. The van der Waals surface area contributed by atoms with Gasteiger partial charge in [-0.05, 0) is 44.0 Å². The summed E-state index contributed by atoms with van der Waals surface area (Å²) in [4.78, 5) is 0. The van der Waals surface area contributed by atoms with E-state index in [0.717, 1.165) is 11.3 Å². The molecular weight excluding hydrogens is 178 g/mol. The predicted molar refractivity (Wildman–Crippen MR) is 56.6 cm³/mol. The van der Waals surface area contributed by atoms with Crippen molar-refractivity contribution in [3.05, 3.63) is 23.8 Å². The molecule has 3 N–H and O–H groups in total. The zero-order valence-corrected chi connectivity index (χ0v) is 8.87. The minimum Gasteiger partial charge on any atom is -0.508 e. The second-order valence-electron chi connectivity index (χ2n) is 4.16. The number of phenolic OH excluding ortho intramolecular Hbond substituents is 1. The maximum Gasteiger partial charge on any atom is 0.122 e. The molecule has 0 unspecified atom stereocenters. The molecule has 0 spiro atoms. The zero-order valence-electron chi connectivity index (χ0n) is 8.87. The summed E-state index contributed by atoms with van der Waals surface area (Å²) in [5.41, 5.74) is 6.53. The average molecular weight is 195 g/mol. The molecule has 0 atom stereocenters. The largest absolute Gasteiger partial charge is 0.508 e. The van der Waals surface area contributed by atoms with E-state index in [-0.39, 0.29) is 11.3 Å². The van der Waals surface area contributed by atoms with Crippen LogP contribution >= 0.6 is 0 Å². The standard InChI is InChI=1S/C11H17NO2/c1-11(2,12)7-8-6-9(13)4-5-10(8)14-3/h4-6,13H,7,12H2,1-3H3. The second kappa shape index (κ2) is 3.88. The number of rotatable bonds is 3. The van der Waals surface area contributed by atoms with E-state index in [1.807, 2.05) is 13.8 Å². The first kappa shape index (κ1) is 10.9. The lowest BCUT2D eigenvalue weighted by Gasteiger charge is -2.20. The molecule has 1 rings (SSSR count). The van der Waals surface area contributed by atoms with Crippen LogP contribution in [0.15, 0.2) is 18.2 Å². The molecule has 3 heteroatoms. The normalized spacial score (nSPS) is 11.4. The Hall–Kier alpha value is -1.22. The molecular formula is C11H17NO2. The van der Waals surface area contributed by atoms with Gasteiger partial charge in [0.2, 0.25) is 0 Å². The summed E-state index contributed by atoms with van der Waals surface area (Å²) in [5.74, 6) is 1.01. The molecule has 0 amide bonds. The molecule has 3 nitrogen and oxygen atoms in total. The molecule has 0 aromatic heterocycles. The van der Waals surface area contributed by atoms with Crippen LogP contribution in [0.1, 0.15) is 19.4 Å². The fraction of sp³-hybridized carbons (Fsp3) is 0.455. The third-order valence-electron chi connectivity index (χ3n) is 1.91. The number of aromatic hydroxyl groups is 1. The van der Waals surface area contributed by atoms with Crippen LogP contribution in [0.4, 0.5) is 0 Å². The molecule has 0 bridgehead atoms. The van der Waals surface area contributed by atoms with Crippen LogP contribution < -0.4 is 10.5 Å². The minimum absolute atomic E-state index is 0.241. The van der Waals surface area contributed by atoms with Crippen LogP contribution in [0, 0.1) is 0 Å². The van der Waals surface area contributed by atoms with Crippen molar-refractivity contribution in [2.75, 3.05) is 7.11 Å². The summed E-state index contributed by atoms with van der Waals surface area (Å²) in [6, 6.07) is 5.04. The molecule has 14 heavy (non-hydrogen) atoms. The molecule has 0 heterocycles. The predicted octanol–water partition coefficient (Wildman–Crippen LogP) is 1.68. The van der Waals surface area contributed by atoms with Crippen molar-refractivity contribution < 1.29 is 9.84 Å².